The number of benzene rings is 1. The van der Waals surface area contributed by atoms with E-state index in [0.717, 1.165) is 5.56 Å². The smallest absolute Gasteiger partial charge is 0.251 e. The highest BCUT2D eigenvalue weighted by Gasteiger charge is 2.13. The van der Waals surface area contributed by atoms with Crippen LogP contribution in [-0.2, 0) is 6.54 Å². The topological polar surface area (TPSA) is 90.1 Å². The van der Waals surface area contributed by atoms with Crippen molar-refractivity contribution >= 4 is 23.3 Å². The molecule has 3 rings (SSSR count). The number of carbonyl (C=O) groups excluding carboxylic acids is 1. The van der Waals surface area contributed by atoms with E-state index in [2.05, 4.69) is 15.3 Å². The number of amides is 1. The van der Waals surface area contributed by atoms with Crippen LogP contribution in [0.2, 0.25) is 5.15 Å². The molecule has 0 aliphatic carbocycles. The summed E-state index contributed by atoms with van der Waals surface area (Å²) in [6, 6.07) is 12.1. The zero-order valence-electron chi connectivity index (χ0n) is 14.1. The number of nitrogen functional groups attached to an aromatic ring is 1. The molecule has 1 amide bonds. The van der Waals surface area contributed by atoms with Gasteiger partial charge in [-0.3, -0.25) is 9.78 Å². The van der Waals surface area contributed by atoms with E-state index >= 15 is 0 Å². The number of ether oxygens (including phenoxy) is 1. The minimum Gasteiger partial charge on any atom is -0.457 e. The summed E-state index contributed by atoms with van der Waals surface area (Å²) in [6.07, 6.45) is 3.37. The van der Waals surface area contributed by atoms with Crippen LogP contribution >= 0.6 is 11.6 Å². The predicted octanol–water partition coefficient (Wildman–Crippen LogP) is 3.74. The van der Waals surface area contributed by atoms with E-state index in [1.165, 1.54) is 0 Å². The fourth-order valence-corrected chi connectivity index (χ4v) is 2.63. The summed E-state index contributed by atoms with van der Waals surface area (Å²) in [5.74, 6) is 1.08. The van der Waals surface area contributed by atoms with Crippen LogP contribution in [0.1, 0.15) is 21.5 Å². The number of pyridine rings is 2. The maximum Gasteiger partial charge on any atom is 0.251 e. The zero-order valence-corrected chi connectivity index (χ0v) is 14.8. The minimum atomic E-state index is -0.183. The Balaban J connectivity index is 1.77. The maximum atomic E-state index is 12.5. The number of nitrogens with two attached hydrogens (primary N) is 1. The molecule has 2 aromatic heterocycles. The predicted molar refractivity (Wildman–Crippen MR) is 100 cm³/mol. The molecule has 3 aromatic rings. The zero-order chi connectivity index (χ0) is 18.5. The fraction of sp³-hybridized carbons (Fsp3) is 0.105. The molecule has 7 heteroatoms. The number of hydrogen-bond donors (Lipinski definition) is 2. The second-order valence-electron chi connectivity index (χ2n) is 5.62. The van der Waals surface area contributed by atoms with Gasteiger partial charge in [0.2, 0.25) is 0 Å². The Morgan fingerprint density at radius 1 is 1.23 bits per heavy atom. The van der Waals surface area contributed by atoms with E-state index in [4.69, 9.17) is 22.1 Å². The van der Waals surface area contributed by atoms with Crippen molar-refractivity contribution in [3.05, 3.63) is 76.7 Å². The second-order valence-corrected chi connectivity index (χ2v) is 6.01. The quantitative estimate of drug-likeness (QED) is 0.669. The number of rotatable bonds is 5. The van der Waals surface area contributed by atoms with Gasteiger partial charge in [0.05, 0.1) is 0 Å². The van der Waals surface area contributed by atoms with Crippen molar-refractivity contribution in [3.63, 3.8) is 0 Å². The number of nitrogens with zero attached hydrogens (tertiary/aromatic N) is 2. The first-order chi connectivity index (χ1) is 12.5. The van der Waals surface area contributed by atoms with Gasteiger partial charge in [0.15, 0.2) is 0 Å². The number of hydrogen-bond acceptors (Lipinski definition) is 5. The normalized spacial score (nSPS) is 10.4. The average Bonchev–Trinajstić information content (AvgIpc) is 2.61. The Kier molecular flexibility index (Phi) is 5.34. The molecule has 0 atom stereocenters. The van der Waals surface area contributed by atoms with Crippen molar-refractivity contribution in [1.29, 1.82) is 0 Å². The van der Waals surface area contributed by atoms with Crippen molar-refractivity contribution in [2.45, 2.75) is 13.5 Å². The van der Waals surface area contributed by atoms with Gasteiger partial charge in [0.1, 0.15) is 22.5 Å². The van der Waals surface area contributed by atoms with Gasteiger partial charge >= 0.3 is 0 Å². The van der Waals surface area contributed by atoms with Gasteiger partial charge in [-0.05, 0) is 36.8 Å². The molecule has 0 aliphatic heterocycles. The molecular weight excluding hydrogens is 352 g/mol. The van der Waals surface area contributed by atoms with Gasteiger partial charge < -0.3 is 15.8 Å². The molecule has 2 heterocycles. The lowest BCUT2D eigenvalue weighted by Gasteiger charge is -2.13. The lowest BCUT2D eigenvalue weighted by atomic mass is 10.1. The highest BCUT2D eigenvalue weighted by Crippen LogP contribution is 2.29. The molecule has 0 fully saturated rings. The molecular formula is C19H17ClN4O2. The van der Waals surface area contributed by atoms with E-state index in [1.54, 1.807) is 42.7 Å². The first kappa shape index (κ1) is 17.7. The Morgan fingerprint density at radius 3 is 2.73 bits per heavy atom. The number of aromatic nitrogens is 2. The van der Waals surface area contributed by atoms with E-state index in [0.29, 0.717) is 29.2 Å². The lowest BCUT2D eigenvalue weighted by molar-refractivity contribution is 0.0950. The summed E-state index contributed by atoms with van der Waals surface area (Å²) >= 11 is 5.90. The first-order valence-corrected chi connectivity index (χ1v) is 8.28. The van der Waals surface area contributed by atoms with Crippen molar-refractivity contribution in [3.8, 4) is 11.5 Å². The van der Waals surface area contributed by atoms with Crippen LogP contribution < -0.4 is 15.8 Å². The molecule has 0 bridgehead atoms. The SMILES string of the molecule is Cc1c(Oc2cc(N)nc(Cl)c2)cccc1C(=O)NCc1ccncc1. The number of anilines is 1. The summed E-state index contributed by atoms with van der Waals surface area (Å²) in [5, 5.41) is 3.13. The largest absolute Gasteiger partial charge is 0.457 e. The van der Waals surface area contributed by atoms with Crippen LogP contribution in [0, 0.1) is 6.92 Å². The molecule has 1 aromatic carbocycles. The number of carbonyl (C=O) groups is 1. The molecule has 0 radical (unpaired) electrons. The summed E-state index contributed by atoms with van der Waals surface area (Å²) in [7, 11) is 0. The minimum absolute atomic E-state index is 0.183. The molecule has 132 valence electrons. The van der Waals surface area contributed by atoms with Crippen LogP contribution in [-0.4, -0.2) is 15.9 Å². The van der Waals surface area contributed by atoms with Gasteiger partial charge in [0.25, 0.3) is 5.91 Å². The molecule has 3 N–H and O–H groups in total. The van der Waals surface area contributed by atoms with Crippen molar-refractivity contribution in [1.82, 2.24) is 15.3 Å². The Bertz CT molecular complexity index is 912. The van der Waals surface area contributed by atoms with Gasteiger partial charge in [-0.2, -0.15) is 0 Å². The van der Waals surface area contributed by atoms with E-state index < -0.39 is 0 Å². The summed E-state index contributed by atoms with van der Waals surface area (Å²) < 4.78 is 5.83. The molecule has 0 unspecified atom stereocenters. The van der Waals surface area contributed by atoms with Crippen LogP contribution in [0.5, 0.6) is 11.5 Å². The molecule has 0 spiro atoms. The van der Waals surface area contributed by atoms with Gasteiger partial charge in [-0.15, -0.1) is 0 Å². The Hall–Kier alpha value is -3.12. The number of nitrogens with one attached hydrogen (secondary N) is 1. The third kappa shape index (κ3) is 4.29. The van der Waals surface area contributed by atoms with E-state index in [-0.39, 0.29) is 16.9 Å². The van der Waals surface area contributed by atoms with Gasteiger partial charge in [-0.25, -0.2) is 4.98 Å². The third-order valence-electron chi connectivity index (χ3n) is 3.75. The van der Waals surface area contributed by atoms with Crippen LogP contribution in [0.3, 0.4) is 0 Å². The number of halogens is 1. The molecule has 0 saturated heterocycles. The molecule has 0 aliphatic rings. The average molecular weight is 369 g/mol. The maximum absolute atomic E-state index is 12.5. The van der Waals surface area contributed by atoms with Crippen LogP contribution in [0.4, 0.5) is 5.82 Å². The van der Waals surface area contributed by atoms with Crippen molar-refractivity contribution in [2.75, 3.05) is 5.73 Å². The lowest BCUT2D eigenvalue weighted by Crippen LogP contribution is -2.23. The van der Waals surface area contributed by atoms with E-state index in [9.17, 15) is 4.79 Å². The molecule has 26 heavy (non-hydrogen) atoms. The highest BCUT2D eigenvalue weighted by atomic mass is 35.5. The molecule has 0 saturated carbocycles. The van der Waals surface area contributed by atoms with Crippen molar-refractivity contribution in [2.24, 2.45) is 0 Å². The monoisotopic (exact) mass is 368 g/mol. The van der Waals surface area contributed by atoms with E-state index in [1.807, 2.05) is 19.1 Å². The highest BCUT2D eigenvalue weighted by molar-refractivity contribution is 6.29. The van der Waals surface area contributed by atoms with Crippen LogP contribution in [0.15, 0.2) is 54.9 Å². The Labute approximate surface area is 156 Å². The van der Waals surface area contributed by atoms with Crippen LogP contribution in [0.25, 0.3) is 0 Å². The summed E-state index contributed by atoms with van der Waals surface area (Å²) in [4.78, 5) is 20.4. The Morgan fingerprint density at radius 2 is 2.00 bits per heavy atom. The third-order valence-corrected chi connectivity index (χ3v) is 3.94. The van der Waals surface area contributed by atoms with Gasteiger partial charge in [0, 0.05) is 42.2 Å². The van der Waals surface area contributed by atoms with Gasteiger partial charge in [-0.1, -0.05) is 17.7 Å². The first-order valence-electron chi connectivity index (χ1n) is 7.90. The summed E-state index contributed by atoms with van der Waals surface area (Å²) in [6.45, 7) is 2.24. The molecule has 6 nitrogen and oxygen atoms in total. The standard InChI is InChI=1S/C19H17ClN4O2/c1-12-15(19(25)23-11-13-5-7-22-8-6-13)3-2-4-16(12)26-14-9-17(20)24-18(21)10-14/h2-10H,11H2,1H3,(H2,21,24)(H,23,25). The second kappa shape index (κ2) is 7.84. The van der Waals surface area contributed by atoms with Crippen molar-refractivity contribution < 1.29 is 9.53 Å². The fourth-order valence-electron chi connectivity index (χ4n) is 2.43. The summed E-state index contributed by atoms with van der Waals surface area (Å²) in [5.41, 5.74) is 7.90.